The summed E-state index contributed by atoms with van der Waals surface area (Å²) in [7, 11) is 1.55. The van der Waals surface area contributed by atoms with Crippen LogP contribution in [0, 0.1) is 5.92 Å². The molecule has 1 aromatic heterocycles. The predicted octanol–water partition coefficient (Wildman–Crippen LogP) is 2.43. The number of nitrogens with zero attached hydrogens (tertiary/aromatic N) is 3. The number of methoxy groups -OCH3 is 1. The number of likely N-dealkylation sites (tertiary alicyclic amines) is 1. The number of piperidine rings is 1. The summed E-state index contributed by atoms with van der Waals surface area (Å²) in [6.07, 6.45) is 2.61. The van der Waals surface area contributed by atoms with Gasteiger partial charge in [-0.2, -0.15) is 5.10 Å². The number of para-hydroxylation sites is 2. The largest absolute Gasteiger partial charge is 0.496 e. The first-order valence-corrected chi connectivity index (χ1v) is 11.0. The van der Waals surface area contributed by atoms with Gasteiger partial charge in [-0.15, -0.1) is 0 Å². The van der Waals surface area contributed by atoms with Crippen LogP contribution in [-0.2, 0) is 14.3 Å². The van der Waals surface area contributed by atoms with Gasteiger partial charge in [0, 0.05) is 30.8 Å². The number of hydrogen-bond acceptors (Lipinski definition) is 6. The maximum absolute atomic E-state index is 13.1. The Bertz CT molecular complexity index is 1180. The Morgan fingerprint density at radius 1 is 1.03 bits per heavy atom. The zero-order chi connectivity index (χ0) is 24.1. The fourth-order valence-corrected chi connectivity index (χ4v) is 3.99. The fraction of sp³-hybridized carbons (Fsp3) is 0.280. The highest BCUT2D eigenvalue weighted by Crippen LogP contribution is 2.32. The van der Waals surface area contributed by atoms with E-state index in [-0.39, 0.29) is 23.3 Å². The van der Waals surface area contributed by atoms with Crippen LogP contribution in [0.15, 0.2) is 60.8 Å². The monoisotopic (exact) mass is 462 g/mol. The summed E-state index contributed by atoms with van der Waals surface area (Å²) >= 11 is 0. The lowest BCUT2D eigenvalue weighted by Gasteiger charge is -2.30. The number of rotatable bonds is 7. The molecule has 1 aliphatic rings. The van der Waals surface area contributed by atoms with E-state index in [0.717, 1.165) is 5.69 Å². The van der Waals surface area contributed by atoms with Gasteiger partial charge in [-0.1, -0.05) is 30.3 Å². The molecule has 0 atom stereocenters. The zero-order valence-electron chi connectivity index (χ0n) is 18.8. The number of amides is 2. The van der Waals surface area contributed by atoms with E-state index in [4.69, 9.17) is 15.2 Å². The first-order chi connectivity index (χ1) is 16.5. The molecule has 9 nitrogen and oxygen atoms in total. The average molecular weight is 463 g/mol. The van der Waals surface area contributed by atoms with E-state index in [2.05, 4.69) is 5.10 Å². The van der Waals surface area contributed by atoms with Crippen molar-refractivity contribution in [3.8, 4) is 22.7 Å². The number of hydrogen-bond donors (Lipinski definition) is 1. The van der Waals surface area contributed by atoms with Crippen LogP contribution in [0.2, 0.25) is 0 Å². The minimum Gasteiger partial charge on any atom is -0.496 e. The third kappa shape index (κ3) is 4.93. The normalized spacial score (nSPS) is 14.0. The lowest BCUT2D eigenvalue weighted by atomic mass is 9.96. The summed E-state index contributed by atoms with van der Waals surface area (Å²) in [4.78, 5) is 38.6. The molecule has 9 heteroatoms. The van der Waals surface area contributed by atoms with Crippen LogP contribution in [0.25, 0.3) is 16.9 Å². The van der Waals surface area contributed by atoms with E-state index in [0.29, 0.717) is 42.9 Å². The van der Waals surface area contributed by atoms with Crippen molar-refractivity contribution in [2.45, 2.75) is 12.8 Å². The van der Waals surface area contributed by atoms with Gasteiger partial charge in [0.1, 0.15) is 17.0 Å². The molecule has 0 unspecified atom stereocenters. The van der Waals surface area contributed by atoms with Crippen LogP contribution in [-0.4, -0.2) is 59.3 Å². The Balaban J connectivity index is 1.54. The number of benzene rings is 2. The number of carbonyl (C=O) groups excluding carboxylic acids is 3. The summed E-state index contributed by atoms with van der Waals surface area (Å²) in [6.45, 7) is 0.409. The molecule has 2 heterocycles. The van der Waals surface area contributed by atoms with E-state index < -0.39 is 12.6 Å². The third-order valence-corrected chi connectivity index (χ3v) is 5.89. The molecule has 1 fully saturated rings. The Kier molecular flexibility index (Phi) is 6.91. The molecular formula is C25H26N4O5. The summed E-state index contributed by atoms with van der Waals surface area (Å²) < 4.78 is 12.4. The number of primary amides is 1. The van der Waals surface area contributed by atoms with Crippen LogP contribution >= 0.6 is 0 Å². The van der Waals surface area contributed by atoms with E-state index in [9.17, 15) is 14.4 Å². The molecule has 2 aromatic carbocycles. The Morgan fingerprint density at radius 3 is 2.38 bits per heavy atom. The molecule has 0 radical (unpaired) electrons. The van der Waals surface area contributed by atoms with Crippen molar-refractivity contribution in [1.82, 2.24) is 14.7 Å². The maximum atomic E-state index is 13.1. The molecule has 0 bridgehead atoms. The van der Waals surface area contributed by atoms with E-state index >= 15 is 0 Å². The number of carbonyl (C=O) groups is 3. The van der Waals surface area contributed by atoms with Gasteiger partial charge in [0.25, 0.3) is 5.91 Å². The van der Waals surface area contributed by atoms with Crippen molar-refractivity contribution in [2.24, 2.45) is 11.7 Å². The Hall–Kier alpha value is -4.14. The molecule has 34 heavy (non-hydrogen) atoms. The minimum atomic E-state index is -0.663. The molecular weight excluding hydrogens is 436 g/mol. The third-order valence-electron chi connectivity index (χ3n) is 5.89. The summed E-state index contributed by atoms with van der Waals surface area (Å²) in [5.74, 6) is -0.992. The fourth-order valence-electron chi connectivity index (χ4n) is 3.99. The van der Waals surface area contributed by atoms with Crippen molar-refractivity contribution < 1.29 is 23.9 Å². The summed E-state index contributed by atoms with van der Waals surface area (Å²) in [5, 5.41) is 4.62. The molecule has 0 spiro atoms. The van der Waals surface area contributed by atoms with E-state index in [1.165, 1.54) is 0 Å². The predicted molar refractivity (Wildman–Crippen MR) is 124 cm³/mol. The lowest BCUT2D eigenvalue weighted by Crippen LogP contribution is -2.43. The molecule has 2 amide bonds. The topological polar surface area (TPSA) is 117 Å². The highest BCUT2D eigenvalue weighted by Gasteiger charge is 2.27. The van der Waals surface area contributed by atoms with Gasteiger partial charge in [0.15, 0.2) is 6.61 Å². The standard InChI is InChI=1S/C25H26N4O5/c1-33-21-10-6-5-9-19(21)23-20(15-29(27-23)18-7-3-2-4-8-18)25(32)34-16-22(30)28-13-11-17(12-14-28)24(26)31/h2-10,15,17H,11-14,16H2,1H3,(H2,26,31). The highest BCUT2D eigenvalue weighted by molar-refractivity contribution is 5.98. The molecule has 1 aliphatic heterocycles. The van der Waals surface area contributed by atoms with Gasteiger partial charge in [0.2, 0.25) is 5.91 Å². The molecule has 3 aromatic rings. The molecule has 4 rings (SSSR count). The lowest BCUT2D eigenvalue weighted by molar-refractivity contribution is -0.137. The second-order valence-electron chi connectivity index (χ2n) is 8.01. The second kappa shape index (κ2) is 10.2. The van der Waals surface area contributed by atoms with Gasteiger partial charge >= 0.3 is 5.97 Å². The van der Waals surface area contributed by atoms with Crippen LogP contribution in [0.5, 0.6) is 5.75 Å². The van der Waals surface area contributed by atoms with Crippen LogP contribution in [0.1, 0.15) is 23.2 Å². The minimum absolute atomic E-state index is 0.216. The zero-order valence-corrected chi connectivity index (χ0v) is 18.8. The Morgan fingerprint density at radius 2 is 1.71 bits per heavy atom. The summed E-state index contributed by atoms with van der Waals surface area (Å²) in [6, 6.07) is 16.6. The number of esters is 1. The van der Waals surface area contributed by atoms with Crippen LogP contribution < -0.4 is 10.5 Å². The van der Waals surface area contributed by atoms with Gasteiger partial charge < -0.3 is 20.1 Å². The molecule has 0 aliphatic carbocycles. The molecule has 1 saturated heterocycles. The highest BCUT2D eigenvalue weighted by atomic mass is 16.5. The molecule has 0 saturated carbocycles. The van der Waals surface area contributed by atoms with Crippen molar-refractivity contribution in [3.05, 3.63) is 66.4 Å². The van der Waals surface area contributed by atoms with Gasteiger partial charge in [-0.3, -0.25) is 9.59 Å². The first-order valence-electron chi connectivity index (χ1n) is 11.0. The number of ether oxygens (including phenoxy) is 2. The van der Waals surface area contributed by atoms with E-state index in [1.54, 1.807) is 35.0 Å². The number of nitrogens with two attached hydrogens (primary N) is 1. The summed E-state index contributed by atoms with van der Waals surface area (Å²) in [5.41, 5.74) is 7.36. The maximum Gasteiger partial charge on any atom is 0.342 e. The van der Waals surface area contributed by atoms with Crippen molar-refractivity contribution in [3.63, 3.8) is 0 Å². The van der Waals surface area contributed by atoms with Crippen molar-refractivity contribution in [2.75, 3.05) is 26.8 Å². The quantitative estimate of drug-likeness (QED) is 0.539. The van der Waals surface area contributed by atoms with E-state index in [1.807, 2.05) is 42.5 Å². The molecule has 176 valence electrons. The second-order valence-corrected chi connectivity index (χ2v) is 8.01. The average Bonchev–Trinajstić information content (AvgIpc) is 3.33. The van der Waals surface area contributed by atoms with Gasteiger partial charge in [-0.05, 0) is 37.1 Å². The number of aromatic nitrogens is 2. The Labute approximate surface area is 197 Å². The van der Waals surface area contributed by atoms with Crippen LogP contribution in [0.3, 0.4) is 0 Å². The molecule has 2 N–H and O–H groups in total. The van der Waals surface area contributed by atoms with Crippen molar-refractivity contribution in [1.29, 1.82) is 0 Å². The van der Waals surface area contributed by atoms with Gasteiger partial charge in [0.05, 0.1) is 12.8 Å². The van der Waals surface area contributed by atoms with Crippen LogP contribution in [0.4, 0.5) is 0 Å². The van der Waals surface area contributed by atoms with Crippen molar-refractivity contribution >= 4 is 17.8 Å². The van der Waals surface area contributed by atoms with Gasteiger partial charge in [-0.25, -0.2) is 9.48 Å². The smallest absolute Gasteiger partial charge is 0.342 e. The first kappa shape index (κ1) is 23.0. The SMILES string of the molecule is COc1ccccc1-c1nn(-c2ccccc2)cc1C(=O)OCC(=O)N1CCC(C(N)=O)CC1.